The summed E-state index contributed by atoms with van der Waals surface area (Å²) in [6.07, 6.45) is 0.920. The molecule has 162 valence electrons. The highest BCUT2D eigenvalue weighted by atomic mass is 16.5. The Hall–Kier alpha value is -2.67. The Morgan fingerprint density at radius 3 is 2.53 bits per heavy atom. The number of carbonyl (C=O) groups excluding carboxylic acids is 2. The normalized spacial score (nSPS) is 15.8. The van der Waals surface area contributed by atoms with Gasteiger partial charge in [-0.05, 0) is 38.8 Å². The standard InChI is InChI=1S/C23H32N4O3/c1-5-16(3)24-20(28)15-26-11-13-27(14-12-26)22-21(23(29)30-6-2)17(4)18-9-7-8-10-19(18)25-22/h7-10,16H,5-6,11-15H2,1-4H3,(H,24,28)/t16-/m1/s1. The van der Waals surface area contributed by atoms with Crippen LogP contribution in [0.4, 0.5) is 5.82 Å². The van der Waals surface area contributed by atoms with E-state index in [0.717, 1.165) is 36.0 Å². The van der Waals surface area contributed by atoms with Gasteiger partial charge in [-0.3, -0.25) is 9.69 Å². The second-order valence-corrected chi connectivity index (χ2v) is 7.81. The van der Waals surface area contributed by atoms with Gasteiger partial charge in [-0.1, -0.05) is 25.1 Å². The number of aryl methyl sites for hydroxylation is 1. The molecular formula is C23H32N4O3. The first-order chi connectivity index (χ1) is 14.4. The largest absolute Gasteiger partial charge is 0.462 e. The van der Waals surface area contributed by atoms with Crippen molar-refractivity contribution in [3.63, 3.8) is 0 Å². The van der Waals surface area contributed by atoms with Gasteiger partial charge in [0.2, 0.25) is 5.91 Å². The molecule has 0 aliphatic carbocycles. The van der Waals surface area contributed by atoms with Crippen molar-refractivity contribution in [1.29, 1.82) is 0 Å². The number of ether oxygens (including phenoxy) is 1. The molecule has 30 heavy (non-hydrogen) atoms. The van der Waals surface area contributed by atoms with E-state index in [4.69, 9.17) is 9.72 Å². The number of hydrogen-bond donors (Lipinski definition) is 1. The molecule has 0 bridgehead atoms. The van der Waals surface area contributed by atoms with Gasteiger partial charge in [0.05, 0.1) is 18.7 Å². The van der Waals surface area contributed by atoms with Crippen molar-refractivity contribution < 1.29 is 14.3 Å². The Labute approximate surface area is 178 Å². The van der Waals surface area contributed by atoms with Crippen molar-refractivity contribution in [3.05, 3.63) is 35.4 Å². The quantitative estimate of drug-likeness (QED) is 0.705. The van der Waals surface area contributed by atoms with Gasteiger partial charge in [-0.2, -0.15) is 0 Å². The number of esters is 1. The Bertz CT molecular complexity index is 907. The molecule has 1 fully saturated rings. The number of benzene rings is 1. The van der Waals surface area contributed by atoms with Gasteiger partial charge in [0.15, 0.2) is 0 Å². The Morgan fingerprint density at radius 1 is 1.17 bits per heavy atom. The van der Waals surface area contributed by atoms with Crippen LogP contribution in [0.15, 0.2) is 24.3 Å². The van der Waals surface area contributed by atoms with Crippen LogP contribution >= 0.6 is 0 Å². The number of fused-ring (bicyclic) bond motifs is 1. The summed E-state index contributed by atoms with van der Waals surface area (Å²) in [5.74, 6) is 0.400. The lowest BCUT2D eigenvalue weighted by Gasteiger charge is -2.36. The number of nitrogens with one attached hydrogen (secondary N) is 1. The van der Waals surface area contributed by atoms with Crippen LogP contribution in [0.2, 0.25) is 0 Å². The fourth-order valence-corrected chi connectivity index (χ4v) is 3.78. The van der Waals surface area contributed by atoms with E-state index < -0.39 is 0 Å². The summed E-state index contributed by atoms with van der Waals surface area (Å²) in [4.78, 5) is 34.1. The first kappa shape index (κ1) is 22.0. The second-order valence-electron chi connectivity index (χ2n) is 7.81. The number of amides is 1. The third kappa shape index (κ3) is 4.90. The molecule has 1 aliphatic heterocycles. The molecule has 1 aliphatic rings. The topological polar surface area (TPSA) is 74.8 Å². The molecular weight excluding hydrogens is 380 g/mol. The van der Waals surface area contributed by atoms with Gasteiger partial charge in [0, 0.05) is 37.6 Å². The molecule has 0 spiro atoms. The van der Waals surface area contributed by atoms with E-state index >= 15 is 0 Å². The molecule has 1 amide bonds. The molecule has 0 radical (unpaired) electrons. The number of aromatic nitrogens is 1. The summed E-state index contributed by atoms with van der Waals surface area (Å²) in [5.41, 5.74) is 2.30. The molecule has 3 rings (SSSR count). The maximum absolute atomic E-state index is 12.8. The summed E-state index contributed by atoms with van der Waals surface area (Å²) in [5, 5.41) is 3.98. The van der Waals surface area contributed by atoms with Crippen molar-refractivity contribution in [2.45, 2.75) is 40.2 Å². The lowest BCUT2D eigenvalue weighted by molar-refractivity contribution is -0.122. The zero-order valence-electron chi connectivity index (χ0n) is 18.4. The fourth-order valence-electron chi connectivity index (χ4n) is 3.78. The van der Waals surface area contributed by atoms with E-state index in [-0.39, 0.29) is 17.9 Å². The molecule has 7 nitrogen and oxygen atoms in total. The summed E-state index contributed by atoms with van der Waals surface area (Å²) >= 11 is 0. The number of hydrogen-bond acceptors (Lipinski definition) is 6. The average Bonchev–Trinajstić information content (AvgIpc) is 2.74. The molecule has 1 aromatic heterocycles. The van der Waals surface area contributed by atoms with Crippen LogP contribution in [0.5, 0.6) is 0 Å². The molecule has 1 aromatic carbocycles. The van der Waals surface area contributed by atoms with Crippen LogP contribution in [-0.2, 0) is 9.53 Å². The van der Waals surface area contributed by atoms with Gasteiger partial charge in [0.1, 0.15) is 11.4 Å². The minimum atomic E-state index is -0.335. The first-order valence-corrected chi connectivity index (χ1v) is 10.8. The number of nitrogens with zero attached hydrogens (tertiary/aromatic N) is 3. The summed E-state index contributed by atoms with van der Waals surface area (Å²) < 4.78 is 5.34. The lowest BCUT2D eigenvalue weighted by Crippen LogP contribution is -2.50. The number of rotatable bonds is 7. The zero-order chi connectivity index (χ0) is 21.7. The minimum Gasteiger partial charge on any atom is -0.462 e. The van der Waals surface area contributed by atoms with E-state index in [0.29, 0.717) is 37.6 Å². The van der Waals surface area contributed by atoms with Gasteiger partial charge in [-0.25, -0.2) is 9.78 Å². The maximum Gasteiger partial charge on any atom is 0.342 e. The van der Waals surface area contributed by atoms with Gasteiger partial charge in [-0.15, -0.1) is 0 Å². The van der Waals surface area contributed by atoms with Crippen molar-refractivity contribution in [3.8, 4) is 0 Å². The van der Waals surface area contributed by atoms with E-state index in [2.05, 4.69) is 22.0 Å². The number of pyridine rings is 1. The van der Waals surface area contributed by atoms with Crippen LogP contribution in [-0.4, -0.2) is 67.1 Å². The Morgan fingerprint density at radius 2 is 1.87 bits per heavy atom. The molecule has 7 heteroatoms. The maximum atomic E-state index is 12.8. The van der Waals surface area contributed by atoms with E-state index in [9.17, 15) is 9.59 Å². The molecule has 2 heterocycles. The molecule has 1 atom stereocenters. The van der Waals surface area contributed by atoms with E-state index in [1.165, 1.54) is 0 Å². The monoisotopic (exact) mass is 412 g/mol. The van der Waals surface area contributed by atoms with Crippen LogP contribution in [0.3, 0.4) is 0 Å². The molecule has 2 aromatic rings. The first-order valence-electron chi connectivity index (χ1n) is 10.8. The molecule has 1 saturated heterocycles. The molecule has 1 N–H and O–H groups in total. The van der Waals surface area contributed by atoms with E-state index in [1.807, 2.05) is 45.0 Å². The van der Waals surface area contributed by atoms with Crippen LogP contribution in [0, 0.1) is 6.92 Å². The third-order valence-corrected chi connectivity index (χ3v) is 5.67. The number of anilines is 1. The number of carbonyl (C=O) groups is 2. The summed E-state index contributed by atoms with van der Waals surface area (Å²) in [6.45, 7) is 11.4. The minimum absolute atomic E-state index is 0.0599. The van der Waals surface area contributed by atoms with Crippen LogP contribution < -0.4 is 10.2 Å². The third-order valence-electron chi connectivity index (χ3n) is 5.67. The van der Waals surface area contributed by atoms with Crippen molar-refractivity contribution in [1.82, 2.24) is 15.2 Å². The lowest BCUT2D eigenvalue weighted by atomic mass is 10.0. The summed E-state index contributed by atoms with van der Waals surface area (Å²) in [6, 6.07) is 8.05. The van der Waals surface area contributed by atoms with Crippen molar-refractivity contribution in [2.24, 2.45) is 0 Å². The number of piperazine rings is 1. The van der Waals surface area contributed by atoms with E-state index in [1.54, 1.807) is 0 Å². The highest BCUT2D eigenvalue weighted by Crippen LogP contribution is 2.29. The molecule has 0 saturated carbocycles. The zero-order valence-corrected chi connectivity index (χ0v) is 18.4. The van der Waals surface area contributed by atoms with Gasteiger partial charge < -0.3 is 15.0 Å². The Kier molecular flexibility index (Phi) is 7.26. The second kappa shape index (κ2) is 9.89. The Balaban J connectivity index is 1.79. The number of para-hydroxylation sites is 1. The van der Waals surface area contributed by atoms with Crippen LogP contribution in [0.1, 0.15) is 43.1 Å². The summed E-state index contributed by atoms with van der Waals surface area (Å²) in [7, 11) is 0. The smallest absolute Gasteiger partial charge is 0.342 e. The predicted molar refractivity (Wildman–Crippen MR) is 119 cm³/mol. The van der Waals surface area contributed by atoms with Gasteiger partial charge >= 0.3 is 5.97 Å². The predicted octanol–water partition coefficient (Wildman–Crippen LogP) is 2.76. The highest BCUT2D eigenvalue weighted by Gasteiger charge is 2.27. The van der Waals surface area contributed by atoms with Gasteiger partial charge in [0.25, 0.3) is 0 Å². The van der Waals surface area contributed by atoms with Crippen molar-refractivity contribution in [2.75, 3.05) is 44.2 Å². The average molecular weight is 413 g/mol. The SMILES string of the molecule is CCOC(=O)c1c(N2CCN(CC(=O)N[C@H](C)CC)CC2)nc2ccccc2c1C. The highest BCUT2D eigenvalue weighted by molar-refractivity contribution is 6.02. The van der Waals surface area contributed by atoms with Crippen LogP contribution in [0.25, 0.3) is 10.9 Å². The van der Waals surface area contributed by atoms with Crippen molar-refractivity contribution >= 4 is 28.6 Å². The molecule has 0 unspecified atom stereocenters. The fraction of sp³-hybridized carbons (Fsp3) is 0.522.